The Balaban J connectivity index is 1.51. The molecule has 0 saturated heterocycles. The van der Waals surface area contributed by atoms with Crippen molar-refractivity contribution in [3.63, 3.8) is 0 Å². The zero-order chi connectivity index (χ0) is 14.9. The number of amides is 1. The van der Waals surface area contributed by atoms with E-state index in [1.54, 1.807) is 23.0 Å². The fraction of sp³-hybridized carbons (Fsp3) is 0.0625. The standard InChI is InChI=1S/C16H13N5O/c22-16(12-5-8-21-14(9-12)4-6-18-21)17-10-13-11-20-7-2-1-3-15(20)19-13/h1-9,11H,10H2,(H,17,22). The van der Waals surface area contributed by atoms with E-state index >= 15 is 0 Å². The maximum absolute atomic E-state index is 12.2. The van der Waals surface area contributed by atoms with Crippen molar-refractivity contribution in [3.8, 4) is 0 Å². The number of hydrogen-bond donors (Lipinski definition) is 1. The van der Waals surface area contributed by atoms with Crippen molar-refractivity contribution in [1.82, 2.24) is 24.3 Å². The number of carbonyl (C=O) groups excluding carboxylic acids is 1. The summed E-state index contributed by atoms with van der Waals surface area (Å²) in [6.45, 7) is 0.394. The maximum Gasteiger partial charge on any atom is 0.251 e. The predicted molar refractivity (Wildman–Crippen MR) is 81.6 cm³/mol. The minimum atomic E-state index is -0.124. The molecule has 0 fully saturated rings. The van der Waals surface area contributed by atoms with Crippen molar-refractivity contribution < 1.29 is 4.79 Å². The summed E-state index contributed by atoms with van der Waals surface area (Å²) in [4.78, 5) is 16.7. The molecular formula is C16H13N5O. The summed E-state index contributed by atoms with van der Waals surface area (Å²) in [7, 11) is 0. The lowest BCUT2D eigenvalue weighted by atomic mass is 10.2. The average Bonchev–Trinajstić information content (AvgIpc) is 3.17. The largest absolute Gasteiger partial charge is 0.346 e. The highest BCUT2D eigenvalue weighted by Crippen LogP contribution is 2.08. The highest BCUT2D eigenvalue weighted by Gasteiger charge is 2.08. The smallest absolute Gasteiger partial charge is 0.251 e. The third-order valence-electron chi connectivity index (χ3n) is 3.51. The molecule has 108 valence electrons. The average molecular weight is 291 g/mol. The van der Waals surface area contributed by atoms with Gasteiger partial charge >= 0.3 is 0 Å². The van der Waals surface area contributed by atoms with Crippen molar-refractivity contribution in [3.05, 3.63) is 72.4 Å². The zero-order valence-electron chi connectivity index (χ0n) is 11.7. The third-order valence-corrected chi connectivity index (χ3v) is 3.51. The molecule has 0 aliphatic heterocycles. The molecule has 0 unspecified atom stereocenters. The number of imidazole rings is 1. The van der Waals surface area contributed by atoms with Gasteiger partial charge in [0.05, 0.1) is 17.8 Å². The van der Waals surface area contributed by atoms with Crippen LogP contribution in [-0.2, 0) is 6.54 Å². The second-order valence-electron chi connectivity index (χ2n) is 5.00. The van der Waals surface area contributed by atoms with E-state index in [0.29, 0.717) is 12.1 Å². The second-order valence-corrected chi connectivity index (χ2v) is 5.00. The van der Waals surface area contributed by atoms with Gasteiger partial charge in [0.15, 0.2) is 0 Å². The molecule has 4 heterocycles. The quantitative estimate of drug-likeness (QED) is 0.627. The van der Waals surface area contributed by atoms with E-state index in [2.05, 4.69) is 15.4 Å². The first-order chi connectivity index (χ1) is 10.8. The first kappa shape index (κ1) is 12.6. The molecule has 0 spiro atoms. The Hall–Kier alpha value is -3.15. The van der Waals surface area contributed by atoms with Gasteiger partial charge in [0.2, 0.25) is 0 Å². The molecule has 0 aliphatic rings. The van der Waals surface area contributed by atoms with Crippen LogP contribution < -0.4 is 5.32 Å². The van der Waals surface area contributed by atoms with E-state index < -0.39 is 0 Å². The Labute approximate surface area is 126 Å². The monoisotopic (exact) mass is 291 g/mol. The highest BCUT2D eigenvalue weighted by molar-refractivity contribution is 5.95. The van der Waals surface area contributed by atoms with Crippen LogP contribution in [0.3, 0.4) is 0 Å². The van der Waals surface area contributed by atoms with Crippen LogP contribution in [0.5, 0.6) is 0 Å². The van der Waals surface area contributed by atoms with Crippen molar-refractivity contribution in [2.75, 3.05) is 0 Å². The fourth-order valence-corrected chi connectivity index (χ4v) is 2.41. The van der Waals surface area contributed by atoms with E-state index in [1.807, 2.05) is 47.1 Å². The number of nitrogens with one attached hydrogen (secondary N) is 1. The molecule has 1 N–H and O–H groups in total. The molecule has 0 aromatic carbocycles. The highest BCUT2D eigenvalue weighted by atomic mass is 16.1. The van der Waals surface area contributed by atoms with E-state index in [1.165, 1.54) is 0 Å². The molecule has 22 heavy (non-hydrogen) atoms. The summed E-state index contributed by atoms with van der Waals surface area (Å²) in [6.07, 6.45) is 7.32. The summed E-state index contributed by atoms with van der Waals surface area (Å²) in [6, 6.07) is 11.2. The van der Waals surface area contributed by atoms with Gasteiger partial charge in [-0.1, -0.05) is 6.07 Å². The van der Waals surface area contributed by atoms with Crippen molar-refractivity contribution in [2.24, 2.45) is 0 Å². The first-order valence-corrected chi connectivity index (χ1v) is 6.94. The van der Waals surface area contributed by atoms with Crippen LogP contribution >= 0.6 is 0 Å². The van der Waals surface area contributed by atoms with Crippen LogP contribution in [0, 0.1) is 0 Å². The predicted octanol–water partition coefficient (Wildman–Crippen LogP) is 1.91. The van der Waals surface area contributed by atoms with Gasteiger partial charge in [0.1, 0.15) is 5.65 Å². The number of fused-ring (bicyclic) bond motifs is 2. The Morgan fingerprint density at radius 1 is 1.18 bits per heavy atom. The molecule has 6 heteroatoms. The molecule has 1 amide bonds. The SMILES string of the molecule is O=C(NCc1cn2ccccc2n1)c1ccn2nccc2c1. The maximum atomic E-state index is 12.2. The molecule has 4 aromatic heterocycles. The molecule has 0 bridgehead atoms. The molecule has 0 radical (unpaired) electrons. The summed E-state index contributed by atoms with van der Waals surface area (Å²) in [5, 5.41) is 7.00. The number of nitrogens with zero attached hydrogens (tertiary/aromatic N) is 4. The molecule has 0 atom stereocenters. The van der Waals surface area contributed by atoms with Crippen molar-refractivity contribution in [2.45, 2.75) is 6.54 Å². The van der Waals surface area contributed by atoms with Crippen LogP contribution in [0.15, 0.2) is 61.2 Å². The van der Waals surface area contributed by atoms with Crippen LogP contribution in [-0.4, -0.2) is 24.9 Å². The Morgan fingerprint density at radius 2 is 2.14 bits per heavy atom. The molecule has 0 saturated carbocycles. The Bertz CT molecular complexity index is 936. The normalized spacial score (nSPS) is 11.1. The van der Waals surface area contributed by atoms with Gasteiger partial charge in [-0.25, -0.2) is 9.50 Å². The molecule has 6 nitrogen and oxygen atoms in total. The lowest BCUT2D eigenvalue weighted by Gasteiger charge is -2.03. The molecule has 4 aromatic rings. The van der Waals surface area contributed by atoms with E-state index in [9.17, 15) is 4.79 Å². The van der Waals surface area contributed by atoms with E-state index in [4.69, 9.17) is 0 Å². The topological polar surface area (TPSA) is 63.7 Å². The minimum Gasteiger partial charge on any atom is -0.346 e. The summed E-state index contributed by atoms with van der Waals surface area (Å²) >= 11 is 0. The zero-order valence-corrected chi connectivity index (χ0v) is 11.7. The lowest BCUT2D eigenvalue weighted by molar-refractivity contribution is 0.0950. The van der Waals surface area contributed by atoms with Gasteiger partial charge in [-0.2, -0.15) is 5.10 Å². The first-order valence-electron chi connectivity index (χ1n) is 6.94. The van der Waals surface area contributed by atoms with Crippen LogP contribution in [0.25, 0.3) is 11.2 Å². The minimum absolute atomic E-state index is 0.124. The van der Waals surface area contributed by atoms with Gasteiger partial charge in [0.25, 0.3) is 5.91 Å². The van der Waals surface area contributed by atoms with Gasteiger partial charge in [0, 0.05) is 30.4 Å². The summed E-state index contributed by atoms with van der Waals surface area (Å²) < 4.78 is 3.65. The van der Waals surface area contributed by atoms with E-state index in [0.717, 1.165) is 16.9 Å². The summed E-state index contributed by atoms with van der Waals surface area (Å²) in [5.74, 6) is -0.124. The number of aromatic nitrogens is 4. The lowest BCUT2D eigenvalue weighted by Crippen LogP contribution is -2.23. The van der Waals surface area contributed by atoms with Crippen LogP contribution in [0.4, 0.5) is 0 Å². The Kier molecular flexibility index (Phi) is 2.86. The molecule has 0 aliphatic carbocycles. The van der Waals surface area contributed by atoms with Crippen LogP contribution in [0.2, 0.25) is 0 Å². The van der Waals surface area contributed by atoms with Gasteiger partial charge in [-0.05, 0) is 30.3 Å². The third kappa shape index (κ3) is 2.20. The van der Waals surface area contributed by atoms with E-state index in [-0.39, 0.29) is 5.91 Å². The Morgan fingerprint density at radius 3 is 3.05 bits per heavy atom. The number of pyridine rings is 2. The molecule has 4 rings (SSSR count). The van der Waals surface area contributed by atoms with Gasteiger partial charge < -0.3 is 9.72 Å². The second kappa shape index (κ2) is 5.00. The number of carbonyl (C=O) groups is 1. The van der Waals surface area contributed by atoms with Crippen molar-refractivity contribution in [1.29, 1.82) is 0 Å². The fourth-order valence-electron chi connectivity index (χ4n) is 2.41. The number of rotatable bonds is 3. The van der Waals surface area contributed by atoms with Gasteiger partial charge in [-0.15, -0.1) is 0 Å². The number of hydrogen-bond acceptors (Lipinski definition) is 3. The van der Waals surface area contributed by atoms with Gasteiger partial charge in [-0.3, -0.25) is 4.79 Å². The molecular weight excluding hydrogens is 278 g/mol. The summed E-state index contributed by atoms with van der Waals surface area (Å²) in [5.41, 5.74) is 3.19. The van der Waals surface area contributed by atoms with Crippen molar-refractivity contribution >= 4 is 17.1 Å². The van der Waals surface area contributed by atoms with Crippen LogP contribution in [0.1, 0.15) is 16.1 Å².